The molecule has 4 heteroatoms. The maximum atomic E-state index is 5.80. The van der Waals surface area contributed by atoms with Crippen LogP contribution in [0, 0.1) is 0 Å². The van der Waals surface area contributed by atoms with Crippen LogP contribution in [0.15, 0.2) is 66.2 Å². The minimum Gasteiger partial charge on any atom is -0.457 e. The van der Waals surface area contributed by atoms with E-state index in [0.29, 0.717) is 0 Å². The molecule has 2 aromatic carbocycles. The van der Waals surface area contributed by atoms with E-state index in [2.05, 4.69) is 10.3 Å². The zero-order valence-corrected chi connectivity index (χ0v) is 11.6. The number of benzene rings is 2. The third-order valence-corrected chi connectivity index (χ3v) is 3.52. The molecule has 3 rings (SSSR count). The average molecular weight is 282 g/mol. The van der Waals surface area contributed by atoms with Gasteiger partial charge in [0.05, 0.1) is 6.54 Å². The van der Waals surface area contributed by atoms with Crippen molar-refractivity contribution >= 4 is 17.0 Å². The zero-order valence-electron chi connectivity index (χ0n) is 10.8. The molecule has 0 aliphatic carbocycles. The van der Waals surface area contributed by atoms with Gasteiger partial charge in [0.1, 0.15) is 16.5 Å². The highest BCUT2D eigenvalue weighted by Crippen LogP contribution is 2.24. The molecule has 20 heavy (non-hydrogen) atoms. The molecule has 100 valence electrons. The summed E-state index contributed by atoms with van der Waals surface area (Å²) in [7, 11) is 0. The number of nitrogens with zero attached hydrogens (tertiary/aromatic N) is 1. The number of hydrogen-bond donors (Lipinski definition) is 1. The van der Waals surface area contributed by atoms with E-state index in [9.17, 15) is 0 Å². The summed E-state index contributed by atoms with van der Waals surface area (Å²) in [5.41, 5.74) is 1.02. The monoisotopic (exact) mass is 282 g/mol. The number of anilines is 1. The minimum absolute atomic E-state index is 0.729. The average Bonchev–Trinajstić information content (AvgIpc) is 3.00. The largest absolute Gasteiger partial charge is 0.457 e. The highest BCUT2D eigenvalue weighted by Gasteiger charge is 2.00. The van der Waals surface area contributed by atoms with E-state index in [1.54, 1.807) is 11.3 Å². The summed E-state index contributed by atoms with van der Waals surface area (Å²) in [6, 6.07) is 17.7. The molecule has 0 saturated carbocycles. The van der Waals surface area contributed by atoms with Gasteiger partial charge in [-0.05, 0) is 24.3 Å². The molecule has 1 heterocycles. The first kappa shape index (κ1) is 12.7. The Labute approximate surface area is 121 Å². The summed E-state index contributed by atoms with van der Waals surface area (Å²) < 4.78 is 5.80. The van der Waals surface area contributed by atoms with Crippen molar-refractivity contribution in [1.29, 1.82) is 0 Å². The fraction of sp³-hybridized carbons (Fsp3) is 0.0625. The Hall–Kier alpha value is -2.33. The van der Waals surface area contributed by atoms with Gasteiger partial charge < -0.3 is 10.1 Å². The Kier molecular flexibility index (Phi) is 3.94. The van der Waals surface area contributed by atoms with Crippen LogP contribution in [0.4, 0.5) is 5.69 Å². The smallest absolute Gasteiger partial charge is 0.129 e. The van der Waals surface area contributed by atoms with Crippen LogP contribution in [0.5, 0.6) is 11.5 Å². The number of hydrogen-bond acceptors (Lipinski definition) is 4. The topological polar surface area (TPSA) is 34.1 Å². The molecule has 0 unspecified atom stereocenters. The van der Waals surface area contributed by atoms with Gasteiger partial charge in [-0.25, -0.2) is 4.98 Å². The predicted molar refractivity (Wildman–Crippen MR) is 82.4 cm³/mol. The third-order valence-electron chi connectivity index (χ3n) is 2.74. The SMILES string of the molecule is c1ccc(Oc2cccc(NCc3nccs3)c2)cc1. The lowest BCUT2D eigenvalue weighted by atomic mass is 10.3. The molecule has 0 aliphatic heterocycles. The number of aromatic nitrogens is 1. The molecule has 0 radical (unpaired) electrons. The van der Waals surface area contributed by atoms with Crippen LogP contribution < -0.4 is 10.1 Å². The van der Waals surface area contributed by atoms with Crippen molar-refractivity contribution in [3.8, 4) is 11.5 Å². The van der Waals surface area contributed by atoms with Crippen LogP contribution in [-0.4, -0.2) is 4.98 Å². The predicted octanol–water partition coefficient (Wildman–Crippen LogP) is 4.55. The third kappa shape index (κ3) is 3.36. The summed E-state index contributed by atoms with van der Waals surface area (Å²) in [5, 5.41) is 6.39. The van der Waals surface area contributed by atoms with Crippen LogP contribution in [0.25, 0.3) is 0 Å². The van der Waals surface area contributed by atoms with Crippen LogP contribution in [0.2, 0.25) is 0 Å². The second-order valence-electron chi connectivity index (χ2n) is 4.22. The molecule has 0 fully saturated rings. The van der Waals surface area contributed by atoms with E-state index >= 15 is 0 Å². The first-order valence-electron chi connectivity index (χ1n) is 6.35. The number of ether oxygens (including phenoxy) is 1. The van der Waals surface area contributed by atoms with Gasteiger partial charge in [0.25, 0.3) is 0 Å². The van der Waals surface area contributed by atoms with Crippen molar-refractivity contribution in [1.82, 2.24) is 4.98 Å². The highest BCUT2D eigenvalue weighted by molar-refractivity contribution is 7.09. The second kappa shape index (κ2) is 6.21. The van der Waals surface area contributed by atoms with Crippen molar-refractivity contribution in [2.45, 2.75) is 6.54 Å². The lowest BCUT2D eigenvalue weighted by Gasteiger charge is -2.08. The minimum atomic E-state index is 0.729. The maximum Gasteiger partial charge on any atom is 0.129 e. The van der Waals surface area contributed by atoms with Gasteiger partial charge in [0.15, 0.2) is 0 Å². The van der Waals surface area contributed by atoms with Gasteiger partial charge in [-0.2, -0.15) is 0 Å². The standard InChI is InChI=1S/C16H14N2OS/c1-2-6-14(7-3-1)19-15-8-4-5-13(11-15)18-12-16-17-9-10-20-16/h1-11,18H,12H2. The molecular formula is C16H14N2OS. The summed E-state index contributed by atoms with van der Waals surface area (Å²) in [6.45, 7) is 0.729. The number of thiazole rings is 1. The van der Waals surface area contributed by atoms with E-state index in [4.69, 9.17) is 4.74 Å². The first-order valence-corrected chi connectivity index (χ1v) is 7.23. The van der Waals surface area contributed by atoms with E-state index in [0.717, 1.165) is 28.7 Å². The van der Waals surface area contributed by atoms with E-state index in [1.807, 2.05) is 66.2 Å². The zero-order chi connectivity index (χ0) is 13.6. The van der Waals surface area contributed by atoms with Crippen LogP contribution in [0.1, 0.15) is 5.01 Å². The molecule has 1 aromatic heterocycles. The molecule has 3 nitrogen and oxygen atoms in total. The van der Waals surface area contributed by atoms with Crippen molar-refractivity contribution in [2.75, 3.05) is 5.32 Å². The molecule has 0 aliphatic rings. The molecule has 0 amide bonds. The Morgan fingerprint density at radius 2 is 1.85 bits per heavy atom. The van der Waals surface area contributed by atoms with E-state index in [-0.39, 0.29) is 0 Å². The van der Waals surface area contributed by atoms with Gasteiger partial charge in [0.2, 0.25) is 0 Å². The Balaban J connectivity index is 1.66. The lowest BCUT2D eigenvalue weighted by Crippen LogP contribution is -1.98. The number of nitrogens with one attached hydrogen (secondary N) is 1. The molecule has 0 spiro atoms. The molecule has 0 bridgehead atoms. The van der Waals surface area contributed by atoms with Gasteiger partial charge in [-0.15, -0.1) is 11.3 Å². The summed E-state index contributed by atoms with van der Waals surface area (Å²) in [4.78, 5) is 4.25. The van der Waals surface area contributed by atoms with Gasteiger partial charge in [-0.3, -0.25) is 0 Å². The molecule has 3 aromatic rings. The van der Waals surface area contributed by atoms with E-state index < -0.39 is 0 Å². The summed E-state index contributed by atoms with van der Waals surface area (Å²) >= 11 is 1.64. The van der Waals surface area contributed by atoms with Crippen molar-refractivity contribution < 1.29 is 4.74 Å². The summed E-state index contributed by atoms with van der Waals surface area (Å²) in [5.74, 6) is 1.66. The highest BCUT2D eigenvalue weighted by atomic mass is 32.1. The van der Waals surface area contributed by atoms with E-state index in [1.165, 1.54) is 0 Å². The lowest BCUT2D eigenvalue weighted by molar-refractivity contribution is 0.483. The quantitative estimate of drug-likeness (QED) is 0.745. The molecule has 0 saturated heterocycles. The van der Waals surface area contributed by atoms with Gasteiger partial charge >= 0.3 is 0 Å². The fourth-order valence-corrected chi connectivity index (χ4v) is 2.37. The Morgan fingerprint density at radius 1 is 1.00 bits per heavy atom. The Bertz CT molecular complexity index is 653. The Morgan fingerprint density at radius 3 is 2.65 bits per heavy atom. The first-order chi connectivity index (χ1) is 9.90. The summed E-state index contributed by atoms with van der Waals surface area (Å²) in [6.07, 6.45) is 1.82. The number of para-hydroxylation sites is 1. The number of rotatable bonds is 5. The van der Waals surface area contributed by atoms with Gasteiger partial charge in [-0.1, -0.05) is 24.3 Å². The van der Waals surface area contributed by atoms with Crippen LogP contribution in [-0.2, 0) is 6.54 Å². The van der Waals surface area contributed by atoms with Crippen molar-refractivity contribution in [3.63, 3.8) is 0 Å². The molecular weight excluding hydrogens is 268 g/mol. The van der Waals surface area contributed by atoms with Gasteiger partial charge in [0, 0.05) is 23.3 Å². The van der Waals surface area contributed by atoms with Crippen molar-refractivity contribution in [3.05, 3.63) is 71.2 Å². The maximum absolute atomic E-state index is 5.80. The van der Waals surface area contributed by atoms with Crippen LogP contribution in [0.3, 0.4) is 0 Å². The van der Waals surface area contributed by atoms with Crippen molar-refractivity contribution in [2.24, 2.45) is 0 Å². The molecule has 1 N–H and O–H groups in total. The normalized spacial score (nSPS) is 10.2. The molecule has 0 atom stereocenters. The van der Waals surface area contributed by atoms with Crippen LogP contribution >= 0.6 is 11.3 Å². The second-order valence-corrected chi connectivity index (χ2v) is 5.20. The fourth-order valence-electron chi connectivity index (χ4n) is 1.81.